The lowest BCUT2D eigenvalue weighted by atomic mass is 10.0. The van der Waals surface area contributed by atoms with E-state index in [9.17, 15) is 0 Å². The minimum absolute atomic E-state index is 0.316. The molecule has 2 rings (SSSR count). The van der Waals surface area contributed by atoms with Crippen molar-refractivity contribution in [1.82, 2.24) is 10.3 Å². The van der Waals surface area contributed by atoms with Crippen LogP contribution < -0.4 is 5.32 Å². The Morgan fingerprint density at radius 2 is 2.38 bits per heavy atom. The van der Waals surface area contributed by atoms with E-state index in [0.717, 1.165) is 25.1 Å². The van der Waals surface area contributed by atoms with E-state index >= 15 is 0 Å². The zero-order valence-electron chi connectivity index (χ0n) is 10.0. The zero-order chi connectivity index (χ0) is 11.4. The lowest BCUT2D eigenvalue weighted by molar-refractivity contribution is 0.0115. The molecule has 3 heteroatoms. The molecule has 3 atom stereocenters. The van der Waals surface area contributed by atoms with Crippen LogP contribution in [-0.4, -0.2) is 23.7 Å². The molecule has 1 N–H and O–H groups in total. The van der Waals surface area contributed by atoms with Crippen molar-refractivity contribution in [3.63, 3.8) is 0 Å². The fourth-order valence-corrected chi connectivity index (χ4v) is 2.22. The first kappa shape index (κ1) is 11.6. The highest BCUT2D eigenvalue weighted by atomic mass is 16.5. The van der Waals surface area contributed by atoms with Crippen LogP contribution in [0.1, 0.15) is 38.4 Å². The third-order valence-corrected chi connectivity index (χ3v) is 3.10. The zero-order valence-corrected chi connectivity index (χ0v) is 10.0. The van der Waals surface area contributed by atoms with Gasteiger partial charge in [0, 0.05) is 24.9 Å². The first-order valence-electron chi connectivity index (χ1n) is 6.04. The summed E-state index contributed by atoms with van der Waals surface area (Å²) < 4.78 is 5.54. The molecule has 0 bridgehead atoms. The quantitative estimate of drug-likeness (QED) is 0.848. The maximum Gasteiger partial charge on any atom is 0.0570 e. The van der Waals surface area contributed by atoms with Gasteiger partial charge in [0.15, 0.2) is 0 Å². The number of hydrogen-bond donors (Lipinski definition) is 1. The predicted octanol–water partition coefficient (Wildman–Crippen LogP) is 2.30. The van der Waals surface area contributed by atoms with Gasteiger partial charge in [-0.3, -0.25) is 4.98 Å². The van der Waals surface area contributed by atoms with Crippen molar-refractivity contribution in [2.45, 2.75) is 44.9 Å². The summed E-state index contributed by atoms with van der Waals surface area (Å²) in [6.07, 6.45) is 4.42. The van der Waals surface area contributed by atoms with E-state index in [1.54, 1.807) is 0 Å². The van der Waals surface area contributed by atoms with Gasteiger partial charge in [-0.15, -0.1) is 0 Å². The van der Waals surface area contributed by atoms with Gasteiger partial charge in [0.1, 0.15) is 0 Å². The molecule has 16 heavy (non-hydrogen) atoms. The molecule has 1 aliphatic heterocycles. The van der Waals surface area contributed by atoms with E-state index in [0.29, 0.717) is 18.2 Å². The Kier molecular flexibility index (Phi) is 3.91. The minimum Gasteiger partial charge on any atom is -0.378 e. The molecule has 0 amide bonds. The Labute approximate surface area is 97.2 Å². The van der Waals surface area contributed by atoms with E-state index in [1.807, 2.05) is 18.3 Å². The second kappa shape index (κ2) is 5.41. The van der Waals surface area contributed by atoms with Crippen LogP contribution >= 0.6 is 0 Å². The number of aromatic nitrogens is 1. The standard InChI is InChI=1S/C13H20N2O/c1-10-9-12(6-8-16-10)15-11(2)13-5-3-4-7-14-13/h3-5,7,10-12,15H,6,8-9H2,1-2H3. The first-order valence-corrected chi connectivity index (χ1v) is 6.04. The normalized spacial score (nSPS) is 27.6. The highest BCUT2D eigenvalue weighted by Gasteiger charge is 2.21. The summed E-state index contributed by atoms with van der Waals surface area (Å²) in [4.78, 5) is 4.37. The van der Waals surface area contributed by atoms with Crippen molar-refractivity contribution < 1.29 is 4.74 Å². The Balaban J connectivity index is 1.89. The summed E-state index contributed by atoms with van der Waals surface area (Å²) in [6, 6.07) is 6.93. The van der Waals surface area contributed by atoms with Gasteiger partial charge in [0.05, 0.1) is 11.8 Å². The van der Waals surface area contributed by atoms with Crippen LogP contribution in [0.2, 0.25) is 0 Å². The van der Waals surface area contributed by atoms with Crippen molar-refractivity contribution >= 4 is 0 Å². The third kappa shape index (κ3) is 3.03. The molecule has 0 aromatic carbocycles. The second-order valence-corrected chi connectivity index (χ2v) is 4.55. The maximum atomic E-state index is 5.54. The molecule has 1 aromatic heterocycles. The number of pyridine rings is 1. The Bertz CT molecular complexity index is 315. The van der Waals surface area contributed by atoms with E-state index < -0.39 is 0 Å². The molecule has 1 fully saturated rings. The van der Waals surface area contributed by atoms with Crippen LogP contribution in [0.4, 0.5) is 0 Å². The summed E-state index contributed by atoms with van der Waals surface area (Å²) in [6.45, 7) is 5.18. The van der Waals surface area contributed by atoms with Crippen LogP contribution in [0, 0.1) is 0 Å². The van der Waals surface area contributed by atoms with Crippen molar-refractivity contribution in [3.05, 3.63) is 30.1 Å². The largest absolute Gasteiger partial charge is 0.378 e. The molecular weight excluding hydrogens is 200 g/mol. The van der Waals surface area contributed by atoms with Gasteiger partial charge < -0.3 is 10.1 Å². The highest BCUT2D eigenvalue weighted by Crippen LogP contribution is 2.17. The monoisotopic (exact) mass is 220 g/mol. The molecule has 3 unspecified atom stereocenters. The van der Waals surface area contributed by atoms with Crippen molar-refractivity contribution in [3.8, 4) is 0 Å². The summed E-state index contributed by atoms with van der Waals surface area (Å²) in [7, 11) is 0. The smallest absolute Gasteiger partial charge is 0.0570 e. The van der Waals surface area contributed by atoms with Crippen molar-refractivity contribution in [2.24, 2.45) is 0 Å². The lowest BCUT2D eigenvalue weighted by Gasteiger charge is -2.30. The molecule has 0 spiro atoms. The summed E-state index contributed by atoms with van der Waals surface area (Å²) in [5, 5.41) is 3.62. The molecule has 88 valence electrons. The van der Waals surface area contributed by atoms with Gasteiger partial charge in [-0.2, -0.15) is 0 Å². The molecule has 0 saturated carbocycles. The lowest BCUT2D eigenvalue weighted by Crippen LogP contribution is -2.39. The fraction of sp³-hybridized carbons (Fsp3) is 0.615. The molecule has 1 saturated heterocycles. The van der Waals surface area contributed by atoms with Crippen LogP contribution in [0.5, 0.6) is 0 Å². The van der Waals surface area contributed by atoms with Gasteiger partial charge in [0.25, 0.3) is 0 Å². The number of nitrogens with one attached hydrogen (secondary N) is 1. The molecule has 1 aromatic rings. The Morgan fingerprint density at radius 1 is 1.50 bits per heavy atom. The van der Waals surface area contributed by atoms with Crippen LogP contribution in [0.3, 0.4) is 0 Å². The van der Waals surface area contributed by atoms with E-state index in [1.165, 1.54) is 0 Å². The maximum absolute atomic E-state index is 5.54. The first-order chi connectivity index (χ1) is 7.75. The average molecular weight is 220 g/mol. The average Bonchev–Trinajstić information content (AvgIpc) is 2.30. The third-order valence-electron chi connectivity index (χ3n) is 3.10. The fourth-order valence-electron chi connectivity index (χ4n) is 2.22. The number of hydrogen-bond acceptors (Lipinski definition) is 3. The molecule has 1 aliphatic rings. The number of nitrogens with zero attached hydrogens (tertiary/aromatic N) is 1. The SMILES string of the molecule is CC1CC(NC(C)c2ccccn2)CCO1. The van der Waals surface area contributed by atoms with Gasteiger partial charge in [0.2, 0.25) is 0 Å². The van der Waals surface area contributed by atoms with Crippen molar-refractivity contribution in [1.29, 1.82) is 0 Å². The summed E-state index contributed by atoms with van der Waals surface area (Å²) >= 11 is 0. The molecule has 0 radical (unpaired) electrons. The Morgan fingerprint density at radius 3 is 3.06 bits per heavy atom. The molecule has 2 heterocycles. The van der Waals surface area contributed by atoms with Gasteiger partial charge in [-0.1, -0.05) is 6.07 Å². The number of ether oxygens (including phenoxy) is 1. The predicted molar refractivity (Wildman–Crippen MR) is 64.2 cm³/mol. The molecule has 3 nitrogen and oxygen atoms in total. The van der Waals surface area contributed by atoms with Gasteiger partial charge in [-0.05, 0) is 38.8 Å². The minimum atomic E-state index is 0.316. The van der Waals surface area contributed by atoms with Gasteiger partial charge in [-0.25, -0.2) is 0 Å². The van der Waals surface area contributed by atoms with E-state index in [2.05, 4.69) is 30.2 Å². The Hall–Kier alpha value is -0.930. The topological polar surface area (TPSA) is 34.2 Å². The second-order valence-electron chi connectivity index (χ2n) is 4.55. The summed E-state index contributed by atoms with van der Waals surface area (Å²) in [5.74, 6) is 0. The van der Waals surface area contributed by atoms with Crippen LogP contribution in [-0.2, 0) is 4.74 Å². The van der Waals surface area contributed by atoms with Crippen molar-refractivity contribution in [2.75, 3.05) is 6.61 Å². The molecule has 0 aliphatic carbocycles. The van der Waals surface area contributed by atoms with E-state index in [-0.39, 0.29) is 0 Å². The van der Waals surface area contributed by atoms with Gasteiger partial charge >= 0.3 is 0 Å². The van der Waals surface area contributed by atoms with E-state index in [4.69, 9.17) is 4.74 Å². The summed E-state index contributed by atoms with van der Waals surface area (Å²) in [5.41, 5.74) is 1.11. The van der Waals surface area contributed by atoms with Crippen LogP contribution in [0.15, 0.2) is 24.4 Å². The highest BCUT2D eigenvalue weighted by molar-refractivity contribution is 5.07. The van der Waals surface area contributed by atoms with Crippen LogP contribution in [0.25, 0.3) is 0 Å². The molecular formula is C13H20N2O. The number of rotatable bonds is 3.